The van der Waals surface area contributed by atoms with E-state index in [-0.39, 0.29) is 6.04 Å². The largest absolute Gasteiger partial charge is 0.493 e. The van der Waals surface area contributed by atoms with Crippen molar-refractivity contribution < 1.29 is 9.47 Å². The molecule has 20 heavy (non-hydrogen) atoms. The molecule has 0 aromatic heterocycles. The molecule has 0 fully saturated rings. The van der Waals surface area contributed by atoms with Crippen LogP contribution in [0.5, 0.6) is 11.5 Å². The van der Waals surface area contributed by atoms with E-state index in [0.717, 1.165) is 17.5 Å². The van der Waals surface area contributed by atoms with Crippen LogP contribution in [0.2, 0.25) is 0 Å². The normalized spacial score (nSPS) is 12.0. The van der Waals surface area contributed by atoms with Crippen molar-refractivity contribution in [2.24, 2.45) is 5.73 Å². The van der Waals surface area contributed by atoms with Gasteiger partial charge >= 0.3 is 0 Å². The highest BCUT2D eigenvalue weighted by Crippen LogP contribution is 2.36. The Morgan fingerprint density at radius 1 is 1.00 bits per heavy atom. The monoisotopic (exact) mass is 271 g/mol. The van der Waals surface area contributed by atoms with Gasteiger partial charge in [0.05, 0.1) is 20.3 Å². The molecule has 0 aliphatic rings. The van der Waals surface area contributed by atoms with Gasteiger partial charge in [-0.2, -0.15) is 0 Å². The maximum absolute atomic E-state index is 6.37. The third-order valence-corrected chi connectivity index (χ3v) is 3.52. The highest BCUT2D eigenvalue weighted by molar-refractivity contribution is 5.50. The Kier molecular flexibility index (Phi) is 4.64. The molecule has 3 heteroatoms. The summed E-state index contributed by atoms with van der Waals surface area (Å²) in [6, 6.07) is 13.9. The van der Waals surface area contributed by atoms with Crippen LogP contribution in [0.1, 0.15) is 29.7 Å². The lowest BCUT2D eigenvalue weighted by Crippen LogP contribution is -2.13. The SMILES string of the molecule is CCc1ccc(C(N)c2cccc(OC)c2OC)cc1. The van der Waals surface area contributed by atoms with E-state index in [4.69, 9.17) is 15.2 Å². The van der Waals surface area contributed by atoms with Gasteiger partial charge in [0, 0.05) is 5.56 Å². The van der Waals surface area contributed by atoms with Crippen molar-refractivity contribution in [3.8, 4) is 11.5 Å². The van der Waals surface area contributed by atoms with E-state index in [9.17, 15) is 0 Å². The van der Waals surface area contributed by atoms with E-state index in [1.807, 2.05) is 18.2 Å². The first-order valence-electron chi connectivity index (χ1n) is 6.76. The quantitative estimate of drug-likeness (QED) is 0.907. The summed E-state index contributed by atoms with van der Waals surface area (Å²) in [4.78, 5) is 0. The number of benzene rings is 2. The molecule has 2 aromatic rings. The molecule has 2 aromatic carbocycles. The Hall–Kier alpha value is -2.00. The van der Waals surface area contributed by atoms with E-state index < -0.39 is 0 Å². The molecule has 2 N–H and O–H groups in total. The molecule has 0 saturated heterocycles. The van der Waals surface area contributed by atoms with Gasteiger partial charge in [-0.3, -0.25) is 0 Å². The number of para-hydroxylation sites is 1. The Morgan fingerprint density at radius 3 is 2.25 bits per heavy atom. The minimum Gasteiger partial charge on any atom is -0.493 e. The van der Waals surface area contributed by atoms with Crippen LogP contribution >= 0.6 is 0 Å². The van der Waals surface area contributed by atoms with Gasteiger partial charge in [0.1, 0.15) is 0 Å². The lowest BCUT2D eigenvalue weighted by Gasteiger charge is -2.18. The fourth-order valence-electron chi connectivity index (χ4n) is 2.30. The van der Waals surface area contributed by atoms with E-state index in [2.05, 4.69) is 31.2 Å². The summed E-state index contributed by atoms with van der Waals surface area (Å²) in [7, 11) is 3.26. The van der Waals surface area contributed by atoms with Crippen molar-refractivity contribution in [3.05, 3.63) is 59.2 Å². The summed E-state index contributed by atoms with van der Waals surface area (Å²) in [6.45, 7) is 2.14. The van der Waals surface area contributed by atoms with Gasteiger partial charge < -0.3 is 15.2 Å². The summed E-state index contributed by atoms with van der Waals surface area (Å²) in [5, 5.41) is 0. The zero-order valence-electron chi connectivity index (χ0n) is 12.2. The second-order valence-corrected chi connectivity index (χ2v) is 4.66. The van der Waals surface area contributed by atoms with Gasteiger partial charge in [-0.15, -0.1) is 0 Å². The Bertz CT molecular complexity index is 564. The van der Waals surface area contributed by atoms with Crippen molar-refractivity contribution in [1.29, 1.82) is 0 Å². The second kappa shape index (κ2) is 6.44. The molecule has 0 spiro atoms. The highest BCUT2D eigenvalue weighted by atomic mass is 16.5. The van der Waals surface area contributed by atoms with E-state index >= 15 is 0 Å². The van der Waals surface area contributed by atoms with Gasteiger partial charge in [-0.1, -0.05) is 43.3 Å². The molecule has 2 rings (SSSR count). The van der Waals surface area contributed by atoms with Gasteiger partial charge in [-0.05, 0) is 23.6 Å². The second-order valence-electron chi connectivity index (χ2n) is 4.66. The number of hydrogen-bond acceptors (Lipinski definition) is 3. The number of hydrogen-bond donors (Lipinski definition) is 1. The average molecular weight is 271 g/mol. The molecule has 0 heterocycles. The maximum atomic E-state index is 6.37. The van der Waals surface area contributed by atoms with Crippen molar-refractivity contribution in [1.82, 2.24) is 0 Å². The third-order valence-electron chi connectivity index (χ3n) is 3.52. The molecule has 0 bridgehead atoms. The van der Waals surface area contributed by atoms with E-state index in [1.54, 1.807) is 14.2 Å². The van der Waals surface area contributed by atoms with Crippen LogP contribution < -0.4 is 15.2 Å². The van der Waals surface area contributed by atoms with Gasteiger partial charge in [0.2, 0.25) is 0 Å². The summed E-state index contributed by atoms with van der Waals surface area (Å²) >= 11 is 0. The molecule has 0 amide bonds. The van der Waals surface area contributed by atoms with Crippen LogP contribution in [0.4, 0.5) is 0 Å². The first-order valence-corrected chi connectivity index (χ1v) is 6.76. The molecular formula is C17H21NO2. The lowest BCUT2D eigenvalue weighted by atomic mass is 9.97. The number of rotatable bonds is 5. The van der Waals surface area contributed by atoms with Crippen molar-refractivity contribution in [2.45, 2.75) is 19.4 Å². The number of methoxy groups -OCH3 is 2. The molecule has 0 aliphatic carbocycles. The molecule has 3 nitrogen and oxygen atoms in total. The Morgan fingerprint density at radius 2 is 1.70 bits per heavy atom. The molecule has 0 saturated carbocycles. The minimum atomic E-state index is -0.231. The van der Waals surface area contributed by atoms with Gasteiger partial charge in [0.25, 0.3) is 0 Å². The molecule has 0 radical (unpaired) electrons. The lowest BCUT2D eigenvalue weighted by molar-refractivity contribution is 0.350. The molecule has 0 aliphatic heterocycles. The van der Waals surface area contributed by atoms with E-state index in [1.165, 1.54) is 5.56 Å². The molecule has 1 unspecified atom stereocenters. The van der Waals surface area contributed by atoms with E-state index in [0.29, 0.717) is 11.5 Å². The van der Waals surface area contributed by atoms with Gasteiger partial charge in [0.15, 0.2) is 11.5 Å². The average Bonchev–Trinajstić information content (AvgIpc) is 2.53. The van der Waals surface area contributed by atoms with Crippen molar-refractivity contribution in [3.63, 3.8) is 0 Å². The van der Waals surface area contributed by atoms with Gasteiger partial charge in [-0.25, -0.2) is 0 Å². The zero-order chi connectivity index (χ0) is 14.5. The number of nitrogens with two attached hydrogens (primary N) is 1. The van der Waals surface area contributed by atoms with Crippen LogP contribution in [0.3, 0.4) is 0 Å². The summed E-state index contributed by atoms with van der Waals surface area (Å²) < 4.78 is 10.8. The minimum absolute atomic E-state index is 0.231. The molecular weight excluding hydrogens is 250 g/mol. The fourth-order valence-corrected chi connectivity index (χ4v) is 2.30. The number of aryl methyl sites for hydroxylation is 1. The first-order chi connectivity index (χ1) is 9.71. The predicted octanol–water partition coefficient (Wildman–Crippen LogP) is 3.31. The highest BCUT2D eigenvalue weighted by Gasteiger charge is 2.17. The summed E-state index contributed by atoms with van der Waals surface area (Å²) in [5.41, 5.74) is 9.67. The van der Waals surface area contributed by atoms with Crippen molar-refractivity contribution in [2.75, 3.05) is 14.2 Å². The number of ether oxygens (including phenoxy) is 2. The van der Waals surface area contributed by atoms with Crippen LogP contribution in [-0.2, 0) is 6.42 Å². The smallest absolute Gasteiger partial charge is 0.165 e. The molecule has 106 valence electrons. The third kappa shape index (κ3) is 2.78. The van der Waals surface area contributed by atoms with Crippen LogP contribution in [-0.4, -0.2) is 14.2 Å². The fraction of sp³-hybridized carbons (Fsp3) is 0.294. The van der Waals surface area contributed by atoms with Crippen molar-refractivity contribution >= 4 is 0 Å². The van der Waals surface area contributed by atoms with Crippen LogP contribution in [0.25, 0.3) is 0 Å². The van der Waals surface area contributed by atoms with Crippen LogP contribution in [0.15, 0.2) is 42.5 Å². The zero-order valence-corrected chi connectivity index (χ0v) is 12.2. The summed E-state index contributed by atoms with van der Waals surface area (Å²) in [6.07, 6.45) is 1.03. The topological polar surface area (TPSA) is 44.5 Å². The van der Waals surface area contributed by atoms with Crippen LogP contribution in [0, 0.1) is 0 Å². The molecule has 1 atom stereocenters. The maximum Gasteiger partial charge on any atom is 0.165 e. The first kappa shape index (κ1) is 14.4. The Balaban J connectivity index is 2.39. The Labute approximate surface area is 120 Å². The predicted molar refractivity (Wildman–Crippen MR) is 81.4 cm³/mol. The summed E-state index contributed by atoms with van der Waals surface area (Å²) in [5.74, 6) is 1.40. The standard InChI is InChI=1S/C17H21NO2/c1-4-12-8-10-13(11-9-12)16(18)14-6-5-7-15(19-2)17(14)20-3/h5-11,16H,4,18H2,1-3H3.